The molecule has 0 fully saturated rings. The van der Waals surface area contributed by atoms with Gasteiger partial charge in [-0.1, -0.05) is 23.7 Å². The van der Waals surface area contributed by atoms with Crippen LogP contribution >= 0.6 is 23.8 Å². The summed E-state index contributed by atoms with van der Waals surface area (Å²) < 4.78 is 12.3. The lowest BCUT2D eigenvalue weighted by molar-refractivity contribution is 0.352. The summed E-state index contributed by atoms with van der Waals surface area (Å²) in [5.74, 6) is 0.888. The number of fused-ring (bicyclic) bond motifs is 1. The third-order valence-corrected chi connectivity index (χ3v) is 5.81. The maximum atomic E-state index is 12.9. The van der Waals surface area contributed by atoms with Gasteiger partial charge in [-0.25, -0.2) is 0 Å². The van der Waals surface area contributed by atoms with Crippen LogP contribution in [-0.4, -0.2) is 35.4 Å². The van der Waals surface area contributed by atoms with E-state index < -0.39 is 11.6 Å². The minimum atomic E-state index is -0.568. The average molecular weight is 446 g/mol. The molecule has 0 bridgehead atoms. The van der Waals surface area contributed by atoms with Crippen molar-refractivity contribution in [3.05, 3.63) is 73.2 Å². The third-order valence-electron chi connectivity index (χ3n) is 5.20. The van der Waals surface area contributed by atoms with Crippen LogP contribution in [-0.2, 0) is 6.42 Å². The van der Waals surface area contributed by atoms with Crippen LogP contribution in [0, 0.1) is 4.77 Å². The number of aromatic amines is 1. The number of halogens is 1. The lowest BCUT2D eigenvalue weighted by Crippen LogP contribution is -2.35. The van der Waals surface area contributed by atoms with Gasteiger partial charge in [0.25, 0.3) is 5.56 Å². The minimum absolute atomic E-state index is 0.0534. The zero-order chi connectivity index (χ0) is 21.4. The van der Waals surface area contributed by atoms with Crippen LogP contribution in [0.5, 0.6) is 17.4 Å². The summed E-state index contributed by atoms with van der Waals surface area (Å²) in [6, 6.07) is 10.1. The first-order valence-corrected chi connectivity index (χ1v) is 10.1. The van der Waals surface area contributed by atoms with Crippen molar-refractivity contribution >= 4 is 23.8 Å². The Balaban J connectivity index is 1.96. The number of para-hydroxylation sites is 1. The van der Waals surface area contributed by atoms with Crippen molar-refractivity contribution < 1.29 is 14.6 Å². The Labute approximate surface area is 182 Å². The highest BCUT2D eigenvalue weighted by atomic mass is 35.5. The minimum Gasteiger partial charge on any atom is -0.494 e. The second-order valence-electron chi connectivity index (χ2n) is 6.83. The van der Waals surface area contributed by atoms with Crippen LogP contribution < -0.4 is 20.3 Å². The number of ether oxygens (including phenoxy) is 2. The van der Waals surface area contributed by atoms with Crippen molar-refractivity contribution in [3.63, 3.8) is 0 Å². The first kappa shape index (κ1) is 20.5. The summed E-state index contributed by atoms with van der Waals surface area (Å²) in [6.07, 6.45) is 0.745. The van der Waals surface area contributed by atoms with Gasteiger partial charge in [0.1, 0.15) is 0 Å². The Bertz CT molecular complexity index is 1240. The number of H-pyrrole nitrogens is 1. The van der Waals surface area contributed by atoms with Gasteiger partial charge >= 0.3 is 0 Å². The quantitative estimate of drug-likeness (QED) is 0.533. The van der Waals surface area contributed by atoms with Crippen molar-refractivity contribution in [3.8, 4) is 23.1 Å². The summed E-state index contributed by atoms with van der Waals surface area (Å²) in [4.78, 5) is 15.6. The summed E-state index contributed by atoms with van der Waals surface area (Å²) in [5, 5.41) is 14.9. The van der Waals surface area contributed by atoms with Gasteiger partial charge in [0.15, 0.2) is 16.3 Å². The van der Waals surface area contributed by atoms with Gasteiger partial charge < -0.3 is 19.9 Å². The molecule has 0 aliphatic carbocycles. The number of hydrogen-bond donors (Lipinski definition) is 3. The molecule has 0 amide bonds. The van der Waals surface area contributed by atoms with E-state index in [4.69, 9.17) is 33.3 Å². The summed E-state index contributed by atoms with van der Waals surface area (Å²) in [5.41, 5.74) is 1.98. The van der Waals surface area contributed by atoms with Crippen LogP contribution in [0.15, 0.2) is 41.2 Å². The smallest absolute Gasteiger partial charge is 0.260 e. The topological polar surface area (TPSA) is 88.5 Å². The molecule has 0 unspecified atom stereocenters. The molecule has 1 aliphatic heterocycles. The monoisotopic (exact) mass is 445 g/mol. The van der Waals surface area contributed by atoms with E-state index in [1.54, 1.807) is 38.5 Å². The first-order valence-electron chi connectivity index (χ1n) is 9.27. The van der Waals surface area contributed by atoms with Gasteiger partial charge in [-0.2, -0.15) is 0 Å². The molecule has 0 radical (unpaired) electrons. The van der Waals surface area contributed by atoms with Gasteiger partial charge in [-0.15, -0.1) is 0 Å². The molecule has 2 heterocycles. The Morgan fingerprint density at radius 1 is 1.20 bits per heavy atom. The van der Waals surface area contributed by atoms with Crippen LogP contribution in [0.4, 0.5) is 0 Å². The molecule has 0 spiro atoms. The second kappa shape index (κ2) is 8.14. The number of nitrogens with zero attached hydrogens (tertiary/aromatic N) is 1. The van der Waals surface area contributed by atoms with E-state index >= 15 is 0 Å². The van der Waals surface area contributed by atoms with Crippen molar-refractivity contribution in [2.75, 3.05) is 20.8 Å². The van der Waals surface area contributed by atoms with E-state index in [0.29, 0.717) is 28.8 Å². The standard InChI is InChI=1S/C21H20ClN3O4S/c1-28-15-9-11-7-8-23-18(12(11)10-16(15)29-2)17-19(26)24-21(30)25(20(17)27)14-6-4-3-5-13(14)22/h3-6,9-10,18,23,27H,7-8H2,1-2H3,(H,24,26,30)/t18-/m1/s1. The highest BCUT2D eigenvalue weighted by Gasteiger charge is 2.30. The van der Waals surface area contributed by atoms with Gasteiger partial charge in [0.05, 0.1) is 36.5 Å². The highest BCUT2D eigenvalue weighted by molar-refractivity contribution is 7.71. The van der Waals surface area contributed by atoms with Crippen LogP contribution in [0.3, 0.4) is 0 Å². The summed E-state index contributed by atoms with van der Waals surface area (Å²) >= 11 is 11.6. The number of hydrogen-bond acceptors (Lipinski definition) is 6. The predicted molar refractivity (Wildman–Crippen MR) is 117 cm³/mol. The SMILES string of the molecule is COc1cc2c(cc1OC)[C@H](c1c(O)n(-c3ccccc3Cl)c(=S)[nH]c1=O)NCC2. The van der Waals surface area contributed by atoms with Crippen LogP contribution in [0.2, 0.25) is 5.02 Å². The number of rotatable bonds is 4. The molecule has 7 nitrogen and oxygen atoms in total. The number of aromatic hydroxyl groups is 1. The molecular weight excluding hydrogens is 426 g/mol. The fourth-order valence-corrected chi connectivity index (χ4v) is 4.29. The van der Waals surface area contributed by atoms with E-state index in [2.05, 4.69) is 10.3 Å². The molecule has 9 heteroatoms. The van der Waals surface area contributed by atoms with Crippen LogP contribution in [0.25, 0.3) is 5.69 Å². The molecule has 1 atom stereocenters. The zero-order valence-corrected chi connectivity index (χ0v) is 17.9. The third kappa shape index (κ3) is 3.36. The van der Waals surface area contributed by atoms with Crippen LogP contribution in [0.1, 0.15) is 22.7 Å². The highest BCUT2D eigenvalue weighted by Crippen LogP contribution is 2.39. The fraction of sp³-hybridized carbons (Fsp3) is 0.238. The lowest BCUT2D eigenvalue weighted by Gasteiger charge is -2.29. The predicted octanol–water partition coefficient (Wildman–Crippen LogP) is 3.51. The van der Waals surface area contributed by atoms with Crippen molar-refractivity contribution in [2.45, 2.75) is 12.5 Å². The molecule has 2 aromatic carbocycles. The molecule has 3 aromatic rings. The Morgan fingerprint density at radius 2 is 1.90 bits per heavy atom. The molecule has 0 saturated carbocycles. The molecule has 4 rings (SSSR count). The summed E-state index contributed by atoms with van der Waals surface area (Å²) in [6.45, 7) is 0.619. The van der Waals surface area contributed by atoms with E-state index in [1.165, 1.54) is 4.57 Å². The molecule has 0 saturated heterocycles. The maximum absolute atomic E-state index is 12.9. The van der Waals surface area contributed by atoms with Gasteiger partial charge in [-0.3, -0.25) is 14.3 Å². The fourth-order valence-electron chi connectivity index (χ4n) is 3.80. The summed E-state index contributed by atoms with van der Waals surface area (Å²) in [7, 11) is 3.13. The normalized spacial score (nSPS) is 15.5. The van der Waals surface area contributed by atoms with E-state index in [0.717, 1.165) is 17.5 Å². The van der Waals surface area contributed by atoms with Gasteiger partial charge in [0, 0.05) is 6.54 Å². The molecule has 30 heavy (non-hydrogen) atoms. The Hall–Kier alpha value is -2.81. The second-order valence-corrected chi connectivity index (χ2v) is 7.62. The molecule has 3 N–H and O–H groups in total. The molecular formula is C21H20ClN3O4S. The van der Waals surface area contributed by atoms with E-state index in [9.17, 15) is 9.90 Å². The number of benzene rings is 2. The van der Waals surface area contributed by atoms with Crippen molar-refractivity contribution in [1.82, 2.24) is 14.9 Å². The largest absolute Gasteiger partial charge is 0.494 e. The average Bonchev–Trinajstić information content (AvgIpc) is 2.73. The maximum Gasteiger partial charge on any atom is 0.260 e. The zero-order valence-electron chi connectivity index (χ0n) is 16.4. The Kier molecular flexibility index (Phi) is 5.55. The molecule has 1 aliphatic rings. The number of methoxy groups -OCH3 is 2. The number of aromatic nitrogens is 2. The molecule has 1 aromatic heterocycles. The van der Waals surface area contributed by atoms with Gasteiger partial charge in [-0.05, 0) is 54.0 Å². The van der Waals surface area contributed by atoms with Gasteiger partial charge in [0.2, 0.25) is 5.88 Å². The number of nitrogens with one attached hydrogen (secondary N) is 2. The molecule has 156 valence electrons. The van der Waals surface area contributed by atoms with Crippen molar-refractivity contribution in [2.24, 2.45) is 0 Å². The van der Waals surface area contributed by atoms with E-state index in [1.807, 2.05) is 12.1 Å². The lowest BCUT2D eigenvalue weighted by atomic mass is 9.90. The Morgan fingerprint density at radius 3 is 2.60 bits per heavy atom. The first-order chi connectivity index (χ1) is 14.5. The van der Waals surface area contributed by atoms with Crippen molar-refractivity contribution in [1.29, 1.82) is 0 Å². The van der Waals surface area contributed by atoms with E-state index in [-0.39, 0.29) is 16.2 Å².